The van der Waals surface area contributed by atoms with Crippen LogP contribution >= 0.6 is 0 Å². The molecular weight excluding hydrogens is 287 g/mol. The average Bonchev–Trinajstić information content (AvgIpc) is 2.54. The Bertz CT molecular complexity index is 676. The molecule has 0 aromatic heterocycles. The van der Waals surface area contributed by atoms with Gasteiger partial charge in [-0.25, -0.2) is 9.87 Å². The van der Waals surface area contributed by atoms with Crippen molar-refractivity contribution in [3.63, 3.8) is 0 Å². The molecule has 5 nitrogen and oxygen atoms in total. The zero-order valence-corrected chi connectivity index (χ0v) is 12.6. The van der Waals surface area contributed by atoms with Gasteiger partial charge in [0.15, 0.2) is 0 Å². The van der Waals surface area contributed by atoms with Crippen LogP contribution in [0.1, 0.15) is 10.4 Å². The summed E-state index contributed by atoms with van der Waals surface area (Å²) < 4.78 is 18.7. The highest BCUT2D eigenvalue weighted by atomic mass is 19.1. The fourth-order valence-electron chi connectivity index (χ4n) is 2.09. The van der Waals surface area contributed by atoms with Gasteiger partial charge in [-0.1, -0.05) is 6.07 Å². The highest BCUT2D eigenvalue weighted by molar-refractivity contribution is 6.00. The molecule has 2 aromatic rings. The first-order valence-corrected chi connectivity index (χ1v) is 6.57. The molecule has 22 heavy (non-hydrogen) atoms. The molecule has 0 fully saturated rings. The smallest absolute Gasteiger partial charge is 0.277 e. The van der Waals surface area contributed by atoms with Crippen molar-refractivity contribution in [1.82, 2.24) is 5.48 Å². The van der Waals surface area contributed by atoms with E-state index in [-0.39, 0.29) is 5.56 Å². The summed E-state index contributed by atoms with van der Waals surface area (Å²) in [6, 6.07) is 11.4. The van der Waals surface area contributed by atoms with Gasteiger partial charge in [-0.3, -0.25) is 9.63 Å². The van der Waals surface area contributed by atoms with Gasteiger partial charge in [-0.05, 0) is 30.3 Å². The predicted molar refractivity (Wildman–Crippen MR) is 81.9 cm³/mol. The summed E-state index contributed by atoms with van der Waals surface area (Å²) in [4.78, 5) is 18.4. The maximum atomic E-state index is 13.5. The topological polar surface area (TPSA) is 50.8 Å². The second kappa shape index (κ2) is 6.91. The summed E-state index contributed by atoms with van der Waals surface area (Å²) in [5.41, 5.74) is 3.72. The summed E-state index contributed by atoms with van der Waals surface area (Å²) >= 11 is 0. The normalized spacial score (nSPS) is 10.2. The van der Waals surface area contributed by atoms with Crippen LogP contribution in [-0.4, -0.2) is 27.2 Å². The second-order valence-corrected chi connectivity index (χ2v) is 4.56. The summed E-state index contributed by atoms with van der Waals surface area (Å²) in [5.74, 6) is -0.329. The van der Waals surface area contributed by atoms with Crippen LogP contribution in [0.4, 0.5) is 15.8 Å². The van der Waals surface area contributed by atoms with E-state index in [9.17, 15) is 9.18 Å². The number of amides is 1. The number of anilines is 2. The van der Waals surface area contributed by atoms with Gasteiger partial charge in [0.1, 0.15) is 11.6 Å². The molecule has 116 valence electrons. The Balaban J connectivity index is 2.44. The largest absolute Gasteiger partial charge is 0.497 e. The molecule has 6 heteroatoms. The van der Waals surface area contributed by atoms with Crippen molar-refractivity contribution in [2.75, 3.05) is 26.2 Å². The lowest BCUT2D eigenvalue weighted by molar-refractivity contribution is 0.0538. The number of hydrogen-bond donors (Lipinski definition) is 1. The molecule has 0 spiro atoms. The van der Waals surface area contributed by atoms with Crippen molar-refractivity contribution in [1.29, 1.82) is 0 Å². The monoisotopic (exact) mass is 304 g/mol. The van der Waals surface area contributed by atoms with E-state index in [1.54, 1.807) is 25.1 Å². The Kier molecular flexibility index (Phi) is 4.95. The number of halogens is 1. The number of rotatable bonds is 5. The molecule has 0 radical (unpaired) electrons. The van der Waals surface area contributed by atoms with E-state index < -0.39 is 11.7 Å². The molecule has 0 unspecified atom stereocenters. The van der Waals surface area contributed by atoms with Gasteiger partial charge in [-0.2, -0.15) is 0 Å². The van der Waals surface area contributed by atoms with E-state index in [2.05, 4.69) is 10.3 Å². The Hall–Kier alpha value is -2.60. The first-order chi connectivity index (χ1) is 10.6. The van der Waals surface area contributed by atoms with Crippen LogP contribution < -0.4 is 15.1 Å². The zero-order valence-electron chi connectivity index (χ0n) is 12.6. The highest BCUT2D eigenvalue weighted by Crippen LogP contribution is 2.29. The van der Waals surface area contributed by atoms with Crippen LogP contribution in [0.15, 0.2) is 42.5 Å². The standard InChI is InChI=1S/C16H17FN2O3/c1-19(12-5-4-6-13(10-12)21-2)15-8-7-11(17)9-14(15)16(20)18-22-3/h4-10H,1-3H3,(H,18,20). The Morgan fingerprint density at radius 1 is 1.18 bits per heavy atom. The third-order valence-electron chi connectivity index (χ3n) is 3.20. The lowest BCUT2D eigenvalue weighted by Crippen LogP contribution is -2.24. The van der Waals surface area contributed by atoms with Gasteiger partial charge in [0.25, 0.3) is 5.91 Å². The first-order valence-electron chi connectivity index (χ1n) is 6.57. The van der Waals surface area contributed by atoms with Gasteiger partial charge in [0, 0.05) is 18.8 Å². The molecule has 0 aliphatic carbocycles. The molecule has 1 amide bonds. The minimum atomic E-state index is -0.522. The Morgan fingerprint density at radius 2 is 1.95 bits per heavy atom. The van der Waals surface area contributed by atoms with Gasteiger partial charge in [-0.15, -0.1) is 0 Å². The molecule has 0 saturated carbocycles. The van der Waals surface area contributed by atoms with Crippen LogP contribution in [0.2, 0.25) is 0 Å². The van der Waals surface area contributed by atoms with Gasteiger partial charge in [0.2, 0.25) is 0 Å². The summed E-state index contributed by atoms with van der Waals surface area (Å²) in [6.07, 6.45) is 0. The molecule has 2 aromatic carbocycles. The van der Waals surface area contributed by atoms with E-state index in [4.69, 9.17) is 4.74 Å². The molecule has 0 aliphatic rings. The van der Waals surface area contributed by atoms with E-state index in [1.165, 1.54) is 19.2 Å². The van der Waals surface area contributed by atoms with Crippen molar-refractivity contribution in [2.24, 2.45) is 0 Å². The molecule has 2 rings (SSSR count). The molecule has 0 saturated heterocycles. The predicted octanol–water partition coefficient (Wildman–Crippen LogP) is 2.89. The number of hydrogen-bond acceptors (Lipinski definition) is 4. The fourth-order valence-corrected chi connectivity index (χ4v) is 2.09. The SMILES string of the molecule is CONC(=O)c1cc(F)ccc1N(C)c1cccc(OC)c1. The Labute approximate surface area is 128 Å². The number of nitrogens with zero attached hydrogens (tertiary/aromatic N) is 1. The van der Waals surface area contributed by atoms with E-state index in [1.807, 2.05) is 24.3 Å². The minimum absolute atomic E-state index is 0.173. The van der Waals surface area contributed by atoms with E-state index in [0.29, 0.717) is 11.4 Å². The number of hydroxylamine groups is 1. The number of carbonyl (C=O) groups is 1. The van der Waals surface area contributed by atoms with E-state index >= 15 is 0 Å². The second-order valence-electron chi connectivity index (χ2n) is 4.56. The molecule has 0 bridgehead atoms. The van der Waals surface area contributed by atoms with Gasteiger partial charge >= 0.3 is 0 Å². The number of benzene rings is 2. The van der Waals surface area contributed by atoms with Crippen molar-refractivity contribution in [3.05, 3.63) is 53.8 Å². The van der Waals surface area contributed by atoms with Crippen LogP contribution in [0, 0.1) is 5.82 Å². The average molecular weight is 304 g/mol. The molecule has 0 atom stereocenters. The van der Waals surface area contributed by atoms with Crippen molar-refractivity contribution >= 4 is 17.3 Å². The fraction of sp³-hybridized carbons (Fsp3) is 0.188. The van der Waals surface area contributed by atoms with Crippen molar-refractivity contribution < 1.29 is 18.8 Å². The third-order valence-corrected chi connectivity index (χ3v) is 3.20. The zero-order chi connectivity index (χ0) is 16.1. The third kappa shape index (κ3) is 3.35. The quantitative estimate of drug-likeness (QED) is 0.863. The first kappa shape index (κ1) is 15.8. The molecular formula is C16H17FN2O3. The van der Waals surface area contributed by atoms with Crippen LogP contribution in [0.3, 0.4) is 0 Å². The Morgan fingerprint density at radius 3 is 2.64 bits per heavy atom. The lowest BCUT2D eigenvalue weighted by Gasteiger charge is -2.22. The number of ether oxygens (including phenoxy) is 1. The van der Waals surface area contributed by atoms with Crippen molar-refractivity contribution in [2.45, 2.75) is 0 Å². The van der Waals surface area contributed by atoms with Crippen molar-refractivity contribution in [3.8, 4) is 5.75 Å². The lowest BCUT2D eigenvalue weighted by atomic mass is 10.1. The molecule has 1 N–H and O–H groups in total. The van der Waals surface area contributed by atoms with Gasteiger partial charge in [0.05, 0.1) is 25.5 Å². The van der Waals surface area contributed by atoms with Crippen LogP contribution in [0.25, 0.3) is 0 Å². The maximum Gasteiger partial charge on any atom is 0.277 e. The minimum Gasteiger partial charge on any atom is -0.497 e. The van der Waals surface area contributed by atoms with Crippen LogP contribution in [0.5, 0.6) is 5.75 Å². The highest BCUT2D eigenvalue weighted by Gasteiger charge is 2.17. The molecule has 0 aliphatic heterocycles. The van der Waals surface area contributed by atoms with Gasteiger partial charge < -0.3 is 9.64 Å². The number of carbonyl (C=O) groups excluding carboxylic acids is 1. The summed E-state index contributed by atoms with van der Waals surface area (Å²) in [6.45, 7) is 0. The number of nitrogens with one attached hydrogen (secondary N) is 1. The summed E-state index contributed by atoms with van der Waals surface area (Å²) in [7, 11) is 4.68. The maximum absolute atomic E-state index is 13.5. The van der Waals surface area contributed by atoms with Crippen LogP contribution in [-0.2, 0) is 4.84 Å². The number of methoxy groups -OCH3 is 1. The molecule has 0 heterocycles. The van der Waals surface area contributed by atoms with E-state index in [0.717, 1.165) is 5.69 Å². The summed E-state index contributed by atoms with van der Waals surface area (Å²) in [5, 5.41) is 0.